The number of aromatic hydroxyl groups is 1. The highest BCUT2D eigenvalue weighted by atomic mass is 16.5. The Morgan fingerprint density at radius 1 is 1.12 bits per heavy atom. The topological polar surface area (TPSA) is 109 Å². The lowest BCUT2D eigenvalue weighted by molar-refractivity contribution is 0.0697. The van der Waals surface area contributed by atoms with E-state index in [1.165, 1.54) is 18.2 Å². The van der Waals surface area contributed by atoms with Crippen molar-refractivity contribution in [1.29, 1.82) is 0 Å². The summed E-state index contributed by atoms with van der Waals surface area (Å²) in [6, 6.07) is 11.2. The molecule has 166 valence electrons. The molecule has 3 N–H and O–H groups in total. The molecule has 2 atom stereocenters. The van der Waals surface area contributed by atoms with Gasteiger partial charge >= 0.3 is 5.97 Å². The number of fused-ring (bicyclic) bond motifs is 2. The molecule has 2 aromatic carbocycles. The number of carboxylic acid groups (broad SMARTS) is 1. The maximum absolute atomic E-state index is 12.6. The number of allylic oxidation sites excluding steroid dienone is 3. The van der Waals surface area contributed by atoms with E-state index in [-0.39, 0.29) is 28.3 Å². The quantitative estimate of drug-likeness (QED) is 0.541. The van der Waals surface area contributed by atoms with Gasteiger partial charge in [0.2, 0.25) is 11.2 Å². The summed E-state index contributed by atoms with van der Waals surface area (Å²) in [5, 5.41) is 23.3. The van der Waals surface area contributed by atoms with Crippen molar-refractivity contribution in [2.75, 3.05) is 6.61 Å². The van der Waals surface area contributed by atoms with Gasteiger partial charge in [-0.05, 0) is 42.8 Å². The van der Waals surface area contributed by atoms with Gasteiger partial charge in [0, 0.05) is 17.2 Å². The summed E-state index contributed by atoms with van der Waals surface area (Å²) in [7, 11) is 0. The number of para-hydroxylation sites is 1. The van der Waals surface area contributed by atoms with Crippen LogP contribution >= 0.6 is 0 Å². The number of benzene rings is 2. The predicted octanol–water partition coefficient (Wildman–Crippen LogP) is 4.23. The third kappa shape index (κ3) is 3.89. The minimum Gasteiger partial charge on any atom is -0.502 e. The van der Waals surface area contributed by atoms with Gasteiger partial charge in [0.1, 0.15) is 17.9 Å². The number of ether oxygens (including phenoxy) is 1. The van der Waals surface area contributed by atoms with E-state index >= 15 is 0 Å². The summed E-state index contributed by atoms with van der Waals surface area (Å²) in [5.74, 6) is -0.812. The highest BCUT2D eigenvalue weighted by molar-refractivity contribution is 6.01. The normalized spacial score (nSPS) is 19.0. The smallest absolute Gasteiger partial charge is 0.339 e. The Balaban J connectivity index is 1.37. The van der Waals surface area contributed by atoms with Gasteiger partial charge in [0.25, 0.3) is 0 Å². The van der Waals surface area contributed by atoms with Gasteiger partial charge in [-0.25, -0.2) is 4.79 Å². The van der Waals surface area contributed by atoms with Crippen molar-refractivity contribution in [2.45, 2.75) is 12.5 Å². The van der Waals surface area contributed by atoms with E-state index in [2.05, 4.69) is 29.6 Å². The summed E-state index contributed by atoms with van der Waals surface area (Å²) in [6.07, 6.45) is 11.5. The SMILES string of the molecule is O=C(O)c1cccc2c(=O)c(O)c(-c3ccc(OCC4=CCC5C=CC=C[C@@H]5N4)cc3)oc12. The lowest BCUT2D eigenvalue weighted by Gasteiger charge is -2.31. The second kappa shape index (κ2) is 8.35. The van der Waals surface area contributed by atoms with E-state index in [1.54, 1.807) is 24.3 Å². The largest absolute Gasteiger partial charge is 0.502 e. The highest BCUT2D eigenvalue weighted by Crippen LogP contribution is 2.32. The number of carboxylic acids is 1. The molecule has 2 aliphatic rings. The molecule has 1 aliphatic heterocycles. The van der Waals surface area contributed by atoms with Gasteiger partial charge in [0.15, 0.2) is 11.3 Å². The Kier molecular flexibility index (Phi) is 5.22. The minimum absolute atomic E-state index is 0.00917. The maximum atomic E-state index is 12.6. The van der Waals surface area contributed by atoms with Crippen LogP contribution in [0.15, 0.2) is 87.8 Å². The highest BCUT2D eigenvalue weighted by Gasteiger charge is 2.23. The van der Waals surface area contributed by atoms with E-state index in [0.717, 1.165) is 12.1 Å². The van der Waals surface area contributed by atoms with Crippen molar-refractivity contribution in [2.24, 2.45) is 5.92 Å². The first-order chi connectivity index (χ1) is 16.0. The van der Waals surface area contributed by atoms with E-state index < -0.39 is 17.1 Å². The third-order valence-corrected chi connectivity index (χ3v) is 5.87. The summed E-state index contributed by atoms with van der Waals surface area (Å²) < 4.78 is 11.6. The number of nitrogens with one attached hydrogen (secondary N) is 1. The van der Waals surface area contributed by atoms with Crippen molar-refractivity contribution >= 4 is 16.9 Å². The Labute approximate surface area is 188 Å². The summed E-state index contributed by atoms with van der Waals surface area (Å²) in [6.45, 7) is 0.387. The van der Waals surface area contributed by atoms with E-state index in [4.69, 9.17) is 9.15 Å². The minimum atomic E-state index is -1.22. The molecule has 33 heavy (non-hydrogen) atoms. The molecule has 0 saturated carbocycles. The van der Waals surface area contributed by atoms with Crippen molar-refractivity contribution in [3.8, 4) is 22.8 Å². The zero-order valence-electron chi connectivity index (χ0n) is 17.5. The molecule has 0 radical (unpaired) electrons. The lowest BCUT2D eigenvalue weighted by atomic mass is 9.89. The second-order valence-corrected chi connectivity index (χ2v) is 7.98. The van der Waals surface area contributed by atoms with Crippen LogP contribution in [-0.4, -0.2) is 28.8 Å². The summed E-state index contributed by atoms with van der Waals surface area (Å²) >= 11 is 0. The summed E-state index contributed by atoms with van der Waals surface area (Å²) in [5.41, 5.74) is 0.526. The molecule has 1 unspecified atom stereocenters. The molecular weight excluding hydrogens is 422 g/mol. The Morgan fingerprint density at radius 2 is 1.91 bits per heavy atom. The molecule has 0 amide bonds. The Morgan fingerprint density at radius 3 is 2.70 bits per heavy atom. The average molecular weight is 443 g/mol. The molecule has 5 rings (SSSR count). The number of hydrogen-bond donors (Lipinski definition) is 3. The number of carbonyl (C=O) groups is 1. The zero-order valence-corrected chi connectivity index (χ0v) is 17.5. The van der Waals surface area contributed by atoms with Crippen molar-refractivity contribution in [1.82, 2.24) is 5.32 Å². The molecule has 0 bridgehead atoms. The monoisotopic (exact) mass is 443 g/mol. The number of rotatable bonds is 5. The number of hydrogen-bond acceptors (Lipinski definition) is 6. The van der Waals surface area contributed by atoms with E-state index in [0.29, 0.717) is 23.8 Å². The van der Waals surface area contributed by atoms with Crippen molar-refractivity contribution in [3.05, 3.63) is 94.3 Å². The maximum Gasteiger partial charge on any atom is 0.339 e. The Bertz CT molecular complexity index is 1380. The lowest BCUT2D eigenvalue weighted by Crippen LogP contribution is -2.38. The second-order valence-electron chi connectivity index (χ2n) is 7.98. The fraction of sp³-hybridized carbons (Fsp3) is 0.154. The predicted molar refractivity (Wildman–Crippen MR) is 123 cm³/mol. The van der Waals surface area contributed by atoms with Crippen molar-refractivity contribution in [3.63, 3.8) is 0 Å². The first-order valence-corrected chi connectivity index (χ1v) is 10.6. The fourth-order valence-electron chi connectivity index (χ4n) is 4.12. The van der Waals surface area contributed by atoms with Gasteiger partial charge in [-0.1, -0.05) is 36.4 Å². The van der Waals surface area contributed by atoms with Gasteiger partial charge in [0.05, 0.1) is 11.4 Å². The average Bonchev–Trinajstić information content (AvgIpc) is 2.84. The van der Waals surface area contributed by atoms with Gasteiger partial charge < -0.3 is 24.7 Å². The molecule has 0 saturated heterocycles. The van der Waals surface area contributed by atoms with Crippen LogP contribution < -0.4 is 15.5 Å². The molecule has 0 spiro atoms. The van der Waals surface area contributed by atoms with E-state index in [9.17, 15) is 19.8 Å². The first kappa shape index (κ1) is 20.6. The van der Waals surface area contributed by atoms with Crippen LogP contribution in [0.3, 0.4) is 0 Å². The zero-order chi connectivity index (χ0) is 22.9. The van der Waals surface area contributed by atoms with Crippen LogP contribution in [0.1, 0.15) is 16.8 Å². The molecule has 1 aromatic heterocycles. The molecular formula is C26H21NO6. The van der Waals surface area contributed by atoms with Gasteiger partial charge in [-0.2, -0.15) is 0 Å². The van der Waals surface area contributed by atoms with Crippen LogP contribution in [0.4, 0.5) is 0 Å². The molecule has 3 aromatic rings. The van der Waals surface area contributed by atoms with E-state index in [1.807, 2.05) is 6.08 Å². The van der Waals surface area contributed by atoms with Crippen LogP contribution in [0.25, 0.3) is 22.3 Å². The van der Waals surface area contributed by atoms with Crippen LogP contribution in [0.5, 0.6) is 11.5 Å². The molecule has 0 fully saturated rings. The Hall–Kier alpha value is -4.26. The third-order valence-electron chi connectivity index (χ3n) is 5.87. The fourth-order valence-corrected chi connectivity index (χ4v) is 4.12. The first-order valence-electron chi connectivity index (χ1n) is 10.6. The molecule has 7 nitrogen and oxygen atoms in total. The number of aromatic carboxylic acids is 1. The summed E-state index contributed by atoms with van der Waals surface area (Å²) in [4.78, 5) is 24.1. The van der Waals surface area contributed by atoms with Crippen molar-refractivity contribution < 1.29 is 24.2 Å². The molecule has 7 heteroatoms. The van der Waals surface area contributed by atoms with Crippen LogP contribution in [-0.2, 0) is 0 Å². The van der Waals surface area contributed by atoms with Crippen LogP contribution in [0.2, 0.25) is 0 Å². The van der Waals surface area contributed by atoms with Crippen LogP contribution in [0, 0.1) is 5.92 Å². The standard InChI is InChI=1S/C26H21NO6/c28-22-19-5-3-6-20(26(30)31)25(19)33-24(23(22)29)16-9-12-18(13-10-16)32-14-17-11-8-15-4-1-2-7-21(15)27-17/h1-7,9-13,15,21,27,29H,8,14H2,(H,30,31)/t15?,21-/m0/s1. The molecule has 1 aliphatic carbocycles. The van der Waals surface area contributed by atoms with Gasteiger partial charge in [-0.3, -0.25) is 4.79 Å². The molecule has 2 heterocycles. The van der Waals surface area contributed by atoms with Gasteiger partial charge in [-0.15, -0.1) is 0 Å².